The van der Waals surface area contributed by atoms with Gasteiger partial charge in [-0.3, -0.25) is 4.79 Å². The SMILES string of the molecule is Cc1cccc(NC(=O)NCc2c(-c3ccccc3)c3cc(C)c(C)cc3c(=O)n2C)c1. The van der Waals surface area contributed by atoms with Crippen LogP contribution in [0.3, 0.4) is 0 Å². The molecule has 4 rings (SSSR count). The van der Waals surface area contributed by atoms with Gasteiger partial charge in [-0.2, -0.15) is 0 Å². The van der Waals surface area contributed by atoms with Crippen molar-refractivity contribution in [3.63, 3.8) is 0 Å². The Labute approximate surface area is 187 Å². The first-order chi connectivity index (χ1) is 15.3. The number of nitrogens with zero attached hydrogens (tertiary/aromatic N) is 1. The average Bonchev–Trinajstić information content (AvgIpc) is 2.77. The fraction of sp³-hybridized carbons (Fsp3) is 0.185. The minimum Gasteiger partial charge on any atom is -0.332 e. The number of benzene rings is 3. The zero-order valence-corrected chi connectivity index (χ0v) is 18.8. The summed E-state index contributed by atoms with van der Waals surface area (Å²) < 4.78 is 1.65. The third kappa shape index (κ3) is 4.14. The van der Waals surface area contributed by atoms with Crippen molar-refractivity contribution < 1.29 is 4.79 Å². The number of carbonyl (C=O) groups excluding carboxylic acids is 1. The largest absolute Gasteiger partial charge is 0.332 e. The van der Waals surface area contributed by atoms with E-state index >= 15 is 0 Å². The van der Waals surface area contributed by atoms with Crippen molar-refractivity contribution in [1.82, 2.24) is 9.88 Å². The Hall–Kier alpha value is -3.86. The Morgan fingerprint density at radius 2 is 1.56 bits per heavy atom. The van der Waals surface area contributed by atoms with Crippen LogP contribution in [0.2, 0.25) is 0 Å². The van der Waals surface area contributed by atoms with Gasteiger partial charge in [-0.05, 0) is 66.6 Å². The van der Waals surface area contributed by atoms with Crippen molar-refractivity contribution >= 4 is 22.5 Å². The number of aromatic nitrogens is 1. The third-order valence-corrected chi connectivity index (χ3v) is 5.89. The van der Waals surface area contributed by atoms with E-state index in [-0.39, 0.29) is 18.1 Å². The lowest BCUT2D eigenvalue weighted by atomic mass is 9.94. The molecule has 5 heteroatoms. The van der Waals surface area contributed by atoms with Crippen molar-refractivity contribution in [3.8, 4) is 11.1 Å². The van der Waals surface area contributed by atoms with E-state index in [2.05, 4.69) is 16.7 Å². The zero-order valence-electron chi connectivity index (χ0n) is 18.8. The van der Waals surface area contributed by atoms with E-state index in [1.807, 2.05) is 81.4 Å². The van der Waals surface area contributed by atoms with Gasteiger partial charge >= 0.3 is 6.03 Å². The summed E-state index contributed by atoms with van der Waals surface area (Å²) in [5.74, 6) is 0. The van der Waals surface area contributed by atoms with Crippen LogP contribution in [0.25, 0.3) is 21.9 Å². The molecule has 0 unspecified atom stereocenters. The molecule has 32 heavy (non-hydrogen) atoms. The maximum Gasteiger partial charge on any atom is 0.319 e. The number of carbonyl (C=O) groups is 1. The molecule has 162 valence electrons. The molecular weight excluding hydrogens is 398 g/mol. The molecule has 0 bridgehead atoms. The fourth-order valence-electron chi connectivity index (χ4n) is 4.02. The highest BCUT2D eigenvalue weighted by Gasteiger charge is 2.18. The Bertz CT molecular complexity index is 1370. The maximum absolute atomic E-state index is 13.2. The van der Waals surface area contributed by atoms with Gasteiger partial charge in [0.25, 0.3) is 5.56 Å². The van der Waals surface area contributed by atoms with E-state index in [1.165, 1.54) is 0 Å². The molecule has 0 radical (unpaired) electrons. The summed E-state index contributed by atoms with van der Waals surface area (Å²) in [6.07, 6.45) is 0. The highest BCUT2D eigenvalue weighted by molar-refractivity contribution is 5.98. The number of rotatable bonds is 4. The Morgan fingerprint density at radius 1 is 0.875 bits per heavy atom. The predicted octanol–water partition coefficient (Wildman–Crippen LogP) is 5.45. The summed E-state index contributed by atoms with van der Waals surface area (Å²) in [5.41, 5.74) is 6.65. The van der Waals surface area contributed by atoms with Crippen LogP contribution >= 0.6 is 0 Å². The number of anilines is 1. The number of urea groups is 1. The molecule has 2 amide bonds. The Kier molecular flexibility index (Phi) is 5.82. The summed E-state index contributed by atoms with van der Waals surface area (Å²) >= 11 is 0. The number of hydrogen-bond donors (Lipinski definition) is 2. The van der Waals surface area contributed by atoms with Crippen molar-refractivity contribution in [3.05, 3.63) is 99.5 Å². The molecule has 0 spiro atoms. The van der Waals surface area contributed by atoms with Gasteiger partial charge in [-0.1, -0.05) is 48.5 Å². The standard InChI is InChI=1S/C27H27N3O2/c1-17-9-8-12-21(13-17)29-27(32)28-16-24-25(20-10-6-5-7-11-20)22-14-18(2)19(3)15-23(22)26(31)30(24)4/h5-15H,16H2,1-4H3,(H2,28,29,32). The van der Waals surface area contributed by atoms with Gasteiger partial charge in [0.05, 0.1) is 6.54 Å². The monoisotopic (exact) mass is 425 g/mol. The van der Waals surface area contributed by atoms with Crippen molar-refractivity contribution in [2.45, 2.75) is 27.3 Å². The van der Waals surface area contributed by atoms with Crippen LogP contribution in [0.1, 0.15) is 22.4 Å². The van der Waals surface area contributed by atoms with Crippen LogP contribution in [0.5, 0.6) is 0 Å². The first-order valence-electron chi connectivity index (χ1n) is 10.6. The molecule has 4 aromatic rings. The molecule has 5 nitrogen and oxygen atoms in total. The molecule has 0 fully saturated rings. The van der Waals surface area contributed by atoms with Gasteiger partial charge in [0.2, 0.25) is 0 Å². The molecular formula is C27H27N3O2. The minimum atomic E-state index is -0.317. The summed E-state index contributed by atoms with van der Waals surface area (Å²) in [4.78, 5) is 25.8. The number of pyridine rings is 1. The van der Waals surface area contributed by atoms with Crippen molar-refractivity contribution in [1.29, 1.82) is 0 Å². The molecule has 1 heterocycles. The number of nitrogens with one attached hydrogen (secondary N) is 2. The molecule has 2 N–H and O–H groups in total. The second kappa shape index (κ2) is 8.71. The van der Waals surface area contributed by atoms with Crippen LogP contribution < -0.4 is 16.2 Å². The number of aryl methyl sites for hydroxylation is 3. The van der Waals surface area contributed by atoms with E-state index < -0.39 is 0 Å². The van der Waals surface area contributed by atoms with Crippen molar-refractivity contribution in [2.24, 2.45) is 7.05 Å². The van der Waals surface area contributed by atoms with Crippen LogP contribution in [-0.2, 0) is 13.6 Å². The molecule has 1 aromatic heterocycles. The minimum absolute atomic E-state index is 0.0707. The zero-order chi connectivity index (χ0) is 22.8. The normalized spacial score (nSPS) is 10.9. The number of amides is 2. The fourth-order valence-corrected chi connectivity index (χ4v) is 4.02. The summed E-state index contributed by atoms with van der Waals surface area (Å²) in [6, 6.07) is 21.3. The average molecular weight is 426 g/mol. The summed E-state index contributed by atoms with van der Waals surface area (Å²) in [6.45, 7) is 6.26. The molecule has 0 aliphatic heterocycles. The van der Waals surface area contributed by atoms with Gasteiger partial charge in [0.1, 0.15) is 0 Å². The van der Waals surface area contributed by atoms with E-state index in [0.29, 0.717) is 5.39 Å². The highest BCUT2D eigenvalue weighted by Crippen LogP contribution is 2.32. The summed E-state index contributed by atoms with van der Waals surface area (Å²) in [5, 5.41) is 7.37. The van der Waals surface area contributed by atoms with Gasteiger partial charge in [-0.15, -0.1) is 0 Å². The van der Waals surface area contributed by atoms with E-state index in [9.17, 15) is 9.59 Å². The molecule has 0 aliphatic carbocycles. The number of hydrogen-bond acceptors (Lipinski definition) is 2. The van der Waals surface area contributed by atoms with Gasteiger partial charge < -0.3 is 15.2 Å². The first-order valence-corrected chi connectivity index (χ1v) is 10.6. The topological polar surface area (TPSA) is 63.1 Å². The van der Waals surface area contributed by atoms with Gasteiger partial charge in [0.15, 0.2) is 0 Å². The molecule has 0 aliphatic rings. The number of fused-ring (bicyclic) bond motifs is 1. The van der Waals surface area contributed by atoms with Crippen LogP contribution in [-0.4, -0.2) is 10.6 Å². The molecule has 0 saturated heterocycles. The third-order valence-electron chi connectivity index (χ3n) is 5.89. The van der Waals surface area contributed by atoms with Crippen LogP contribution in [0, 0.1) is 20.8 Å². The summed E-state index contributed by atoms with van der Waals surface area (Å²) in [7, 11) is 1.76. The Balaban J connectivity index is 1.78. The smallest absolute Gasteiger partial charge is 0.319 e. The van der Waals surface area contributed by atoms with E-state index in [1.54, 1.807) is 11.6 Å². The maximum atomic E-state index is 13.2. The predicted molar refractivity (Wildman–Crippen MR) is 131 cm³/mol. The quantitative estimate of drug-likeness (QED) is 0.456. The Morgan fingerprint density at radius 3 is 2.25 bits per heavy atom. The van der Waals surface area contributed by atoms with Gasteiger partial charge in [-0.25, -0.2) is 4.79 Å². The first kappa shape index (κ1) is 21.4. The lowest BCUT2D eigenvalue weighted by Gasteiger charge is -2.19. The molecule has 0 atom stereocenters. The lowest BCUT2D eigenvalue weighted by molar-refractivity contribution is 0.251. The second-order valence-electron chi connectivity index (χ2n) is 8.21. The second-order valence-corrected chi connectivity index (χ2v) is 8.21. The molecule has 3 aromatic carbocycles. The van der Waals surface area contributed by atoms with E-state index in [4.69, 9.17) is 0 Å². The van der Waals surface area contributed by atoms with Crippen molar-refractivity contribution in [2.75, 3.05) is 5.32 Å². The lowest BCUT2D eigenvalue weighted by Crippen LogP contribution is -2.32. The molecule has 0 saturated carbocycles. The van der Waals surface area contributed by atoms with Crippen LogP contribution in [0.4, 0.5) is 10.5 Å². The van der Waals surface area contributed by atoms with Crippen LogP contribution in [0.15, 0.2) is 71.5 Å². The highest BCUT2D eigenvalue weighted by atomic mass is 16.2. The van der Waals surface area contributed by atoms with E-state index in [0.717, 1.165) is 44.6 Å². The van der Waals surface area contributed by atoms with Gasteiger partial charge in [0, 0.05) is 29.4 Å².